The Balaban J connectivity index is 2.94. The van der Waals surface area contributed by atoms with E-state index in [1.165, 1.54) is 25.1 Å². The van der Waals surface area contributed by atoms with Crippen molar-refractivity contribution in [2.45, 2.75) is 20.3 Å². The molecule has 8 heteroatoms. The van der Waals surface area contributed by atoms with E-state index in [4.69, 9.17) is 5.11 Å². The number of nitrogens with one attached hydrogen (secondary N) is 1. The molecule has 0 aromatic heterocycles. The largest absolute Gasteiger partial charge is 0.481 e. The third-order valence-corrected chi connectivity index (χ3v) is 4.19. The van der Waals surface area contributed by atoms with Crippen molar-refractivity contribution in [1.29, 1.82) is 0 Å². The molecule has 21 heavy (non-hydrogen) atoms. The maximum Gasteiger partial charge on any atom is 0.311 e. The summed E-state index contributed by atoms with van der Waals surface area (Å²) < 4.78 is 0.0704. The van der Waals surface area contributed by atoms with Crippen LogP contribution < -0.4 is 5.32 Å². The van der Waals surface area contributed by atoms with Crippen LogP contribution in [0, 0.1) is 15.5 Å². The van der Waals surface area contributed by atoms with Crippen LogP contribution in [0.4, 0.5) is 5.69 Å². The number of aliphatic carboxylic acids is 1. The van der Waals surface area contributed by atoms with Crippen molar-refractivity contribution in [3.63, 3.8) is 0 Å². The summed E-state index contributed by atoms with van der Waals surface area (Å²) in [4.78, 5) is 33.4. The van der Waals surface area contributed by atoms with Gasteiger partial charge in [0.25, 0.3) is 11.6 Å². The van der Waals surface area contributed by atoms with Gasteiger partial charge in [-0.2, -0.15) is 0 Å². The molecule has 0 aliphatic rings. The van der Waals surface area contributed by atoms with E-state index >= 15 is 0 Å². The second-order valence-corrected chi connectivity index (χ2v) is 5.59. The summed E-state index contributed by atoms with van der Waals surface area (Å²) in [7, 11) is 0. The van der Waals surface area contributed by atoms with Gasteiger partial charge < -0.3 is 10.4 Å². The molecule has 1 aromatic carbocycles. The van der Waals surface area contributed by atoms with Crippen molar-refractivity contribution in [3.8, 4) is 0 Å². The minimum atomic E-state index is -1.08. The quantitative estimate of drug-likeness (QED) is 0.599. The van der Waals surface area contributed by atoms with Crippen molar-refractivity contribution in [2.24, 2.45) is 5.41 Å². The van der Waals surface area contributed by atoms with Crippen LogP contribution in [-0.4, -0.2) is 28.5 Å². The number of carbonyl (C=O) groups is 2. The van der Waals surface area contributed by atoms with Crippen LogP contribution in [0.1, 0.15) is 30.6 Å². The third-order valence-electron chi connectivity index (χ3n) is 3.36. The van der Waals surface area contributed by atoms with Gasteiger partial charge in [0.15, 0.2) is 0 Å². The molecule has 0 bridgehead atoms. The molecule has 114 valence electrons. The minimum Gasteiger partial charge on any atom is -0.481 e. The summed E-state index contributed by atoms with van der Waals surface area (Å²) in [5.41, 5.74) is -1.21. The second-order valence-electron chi connectivity index (χ2n) is 4.80. The molecule has 0 fully saturated rings. The Bertz CT molecular complexity index is 590. The number of nitro benzene ring substituents is 1. The van der Waals surface area contributed by atoms with E-state index in [1.54, 1.807) is 6.92 Å². The lowest BCUT2D eigenvalue weighted by Gasteiger charge is -2.23. The molecule has 0 radical (unpaired) electrons. The fourth-order valence-corrected chi connectivity index (χ4v) is 2.15. The van der Waals surface area contributed by atoms with Gasteiger partial charge in [-0.25, -0.2) is 0 Å². The zero-order valence-corrected chi connectivity index (χ0v) is 13.1. The van der Waals surface area contributed by atoms with Gasteiger partial charge in [0, 0.05) is 12.6 Å². The number of nitrogens with zero attached hydrogens (tertiary/aromatic N) is 1. The highest BCUT2D eigenvalue weighted by Crippen LogP contribution is 2.28. The molecule has 0 saturated heterocycles. The first-order valence-corrected chi connectivity index (χ1v) is 6.96. The normalized spacial score (nSPS) is 13.3. The summed E-state index contributed by atoms with van der Waals surface area (Å²) in [6.07, 6.45) is 0.346. The van der Waals surface area contributed by atoms with E-state index in [1.807, 2.05) is 0 Å². The molecule has 2 N–H and O–H groups in total. The van der Waals surface area contributed by atoms with Crippen molar-refractivity contribution < 1.29 is 19.6 Å². The van der Waals surface area contributed by atoms with E-state index < -0.39 is 22.2 Å². The van der Waals surface area contributed by atoms with Crippen LogP contribution in [-0.2, 0) is 4.79 Å². The highest BCUT2D eigenvalue weighted by Gasteiger charge is 2.32. The van der Waals surface area contributed by atoms with Crippen LogP contribution in [0.5, 0.6) is 0 Å². The van der Waals surface area contributed by atoms with Gasteiger partial charge in [-0.3, -0.25) is 19.7 Å². The molecule has 1 aromatic rings. The van der Waals surface area contributed by atoms with E-state index in [9.17, 15) is 19.7 Å². The monoisotopic (exact) mass is 358 g/mol. The van der Waals surface area contributed by atoms with Crippen LogP contribution >= 0.6 is 15.9 Å². The molecular formula is C13H15BrN2O5. The Hall–Kier alpha value is -1.96. The highest BCUT2D eigenvalue weighted by molar-refractivity contribution is 9.10. The molecule has 1 amide bonds. The van der Waals surface area contributed by atoms with Crippen LogP contribution in [0.2, 0.25) is 0 Å². The lowest BCUT2D eigenvalue weighted by molar-refractivity contribution is -0.385. The molecule has 0 saturated carbocycles. The average Bonchev–Trinajstić information content (AvgIpc) is 2.44. The lowest BCUT2D eigenvalue weighted by Crippen LogP contribution is -2.40. The Morgan fingerprint density at radius 2 is 2.10 bits per heavy atom. The number of carboxylic acids is 1. The Morgan fingerprint density at radius 1 is 1.48 bits per heavy atom. The molecule has 0 aliphatic heterocycles. The molecule has 1 rings (SSSR count). The number of amides is 1. The average molecular weight is 359 g/mol. The summed E-state index contributed by atoms with van der Waals surface area (Å²) in [5, 5.41) is 22.5. The van der Waals surface area contributed by atoms with Crippen LogP contribution in [0.25, 0.3) is 0 Å². The molecule has 7 nitrogen and oxygen atoms in total. The fraction of sp³-hybridized carbons (Fsp3) is 0.385. The Labute approximate surface area is 129 Å². The van der Waals surface area contributed by atoms with Crippen LogP contribution in [0.3, 0.4) is 0 Å². The summed E-state index contributed by atoms with van der Waals surface area (Å²) in [6.45, 7) is 3.18. The van der Waals surface area contributed by atoms with Gasteiger partial charge in [0.05, 0.1) is 15.9 Å². The van der Waals surface area contributed by atoms with Gasteiger partial charge in [-0.15, -0.1) is 0 Å². The van der Waals surface area contributed by atoms with Crippen molar-refractivity contribution in [1.82, 2.24) is 5.32 Å². The Morgan fingerprint density at radius 3 is 2.57 bits per heavy atom. The maximum absolute atomic E-state index is 12.1. The van der Waals surface area contributed by atoms with Crippen molar-refractivity contribution >= 4 is 33.5 Å². The molecule has 0 aliphatic carbocycles. The van der Waals surface area contributed by atoms with Crippen LogP contribution in [0.15, 0.2) is 22.7 Å². The summed E-state index contributed by atoms with van der Waals surface area (Å²) >= 11 is 3.03. The topological polar surface area (TPSA) is 110 Å². The van der Waals surface area contributed by atoms with E-state index in [0.29, 0.717) is 6.42 Å². The zero-order valence-electron chi connectivity index (χ0n) is 11.6. The number of rotatable bonds is 6. The maximum atomic E-state index is 12.1. The first kappa shape index (κ1) is 17.1. The number of hydrogen-bond acceptors (Lipinski definition) is 4. The van der Waals surface area contributed by atoms with Gasteiger partial charge in [-0.1, -0.05) is 13.0 Å². The fourth-order valence-electron chi connectivity index (χ4n) is 1.56. The van der Waals surface area contributed by atoms with Gasteiger partial charge in [0.1, 0.15) is 4.47 Å². The Kier molecular flexibility index (Phi) is 5.42. The van der Waals surface area contributed by atoms with E-state index in [0.717, 1.165) is 0 Å². The summed E-state index contributed by atoms with van der Waals surface area (Å²) in [5.74, 6) is -1.57. The van der Waals surface area contributed by atoms with Crippen molar-refractivity contribution in [3.05, 3.63) is 38.3 Å². The zero-order chi connectivity index (χ0) is 16.2. The molecule has 1 atom stereocenters. The smallest absolute Gasteiger partial charge is 0.311 e. The van der Waals surface area contributed by atoms with E-state index in [-0.39, 0.29) is 22.3 Å². The number of benzene rings is 1. The molecule has 0 spiro atoms. The van der Waals surface area contributed by atoms with Gasteiger partial charge in [0.2, 0.25) is 0 Å². The first-order chi connectivity index (χ1) is 9.73. The first-order valence-electron chi connectivity index (χ1n) is 6.17. The third kappa shape index (κ3) is 3.78. The highest BCUT2D eigenvalue weighted by atomic mass is 79.9. The predicted octanol–water partition coefficient (Wildman–Crippen LogP) is 2.59. The molecular weight excluding hydrogens is 344 g/mol. The van der Waals surface area contributed by atoms with Gasteiger partial charge in [-0.05, 0) is 35.3 Å². The SMILES string of the molecule is CCC(C)(CNC(=O)c1cccc([N+](=O)[O-])c1Br)C(=O)O. The minimum absolute atomic E-state index is 0.0627. The number of hydrogen-bond donors (Lipinski definition) is 2. The predicted molar refractivity (Wildman–Crippen MR) is 79.2 cm³/mol. The lowest BCUT2D eigenvalue weighted by atomic mass is 9.87. The summed E-state index contributed by atoms with van der Waals surface area (Å²) in [6, 6.07) is 4.10. The number of halogens is 1. The standard InChI is InChI=1S/C13H15BrN2O5/c1-3-13(2,12(18)19)7-15-11(17)8-5-4-6-9(10(8)14)16(20)21/h4-6H,3,7H2,1-2H3,(H,15,17)(H,18,19). The number of carboxylic acid groups (broad SMARTS) is 1. The molecule has 1 unspecified atom stereocenters. The second kappa shape index (κ2) is 6.66. The number of nitro groups is 1. The van der Waals surface area contributed by atoms with Gasteiger partial charge >= 0.3 is 5.97 Å². The van der Waals surface area contributed by atoms with Crippen molar-refractivity contribution in [2.75, 3.05) is 6.54 Å². The molecule has 0 heterocycles. The number of carbonyl (C=O) groups excluding carboxylic acids is 1. The van der Waals surface area contributed by atoms with E-state index in [2.05, 4.69) is 21.2 Å².